The van der Waals surface area contributed by atoms with E-state index in [1.165, 1.54) is 88.6 Å². The van der Waals surface area contributed by atoms with E-state index in [0.717, 1.165) is 35.2 Å². The number of para-hydroxylation sites is 1. The Bertz CT molecular complexity index is 3820. The molecule has 1 atom stereocenters. The number of fused-ring (bicyclic) bond motifs is 12. The highest BCUT2D eigenvalue weighted by molar-refractivity contribution is 6.10. The van der Waals surface area contributed by atoms with E-state index >= 15 is 0 Å². The maximum Gasteiger partial charge on any atom is 0.164 e. The van der Waals surface area contributed by atoms with Crippen LogP contribution >= 0.6 is 0 Å². The minimum Gasteiger partial charge on any atom is -0.309 e. The Kier molecular flexibility index (Phi) is 8.59. The van der Waals surface area contributed by atoms with E-state index in [-0.39, 0.29) is 0 Å². The molecule has 14 rings (SSSR count). The van der Waals surface area contributed by atoms with Crippen LogP contribution in [0.1, 0.15) is 35.1 Å². The fourth-order valence-electron chi connectivity index (χ4n) is 11.6. The summed E-state index contributed by atoms with van der Waals surface area (Å²) < 4.78 is 2.42. The third-order valence-electron chi connectivity index (χ3n) is 14.6. The Balaban J connectivity index is 0.926. The van der Waals surface area contributed by atoms with Crippen LogP contribution in [0.5, 0.6) is 0 Å². The van der Waals surface area contributed by atoms with Crippen LogP contribution in [-0.4, -0.2) is 19.5 Å². The van der Waals surface area contributed by atoms with E-state index in [9.17, 15) is 0 Å². The first kappa shape index (κ1) is 38.5. The molecule has 9 aromatic carbocycles. The van der Waals surface area contributed by atoms with Crippen molar-refractivity contribution in [3.63, 3.8) is 0 Å². The van der Waals surface area contributed by atoms with Crippen molar-refractivity contribution >= 4 is 27.4 Å². The number of hydrogen-bond acceptors (Lipinski definition) is 3. The van der Waals surface area contributed by atoms with E-state index in [2.05, 4.69) is 199 Å². The average Bonchev–Trinajstić information content (AvgIpc) is 4.02. The Hall–Kier alpha value is -8.73. The summed E-state index contributed by atoms with van der Waals surface area (Å²) in [5, 5.41) is 2.51. The lowest BCUT2D eigenvalue weighted by molar-refractivity contribution is 0.714. The number of hydrogen-bond donors (Lipinski definition) is 0. The largest absolute Gasteiger partial charge is 0.309 e. The van der Waals surface area contributed by atoms with Gasteiger partial charge in [0.2, 0.25) is 0 Å². The molecular formula is C64H42N4. The van der Waals surface area contributed by atoms with Crippen molar-refractivity contribution in [3.8, 4) is 73.2 Å². The van der Waals surface area contributed by atoms with Crippen LogP contribution < -0.4 is 0 Å². The molecule has 0 saturated heterocycles. The van der Waals surface area contributed by atoms with Crippen LogP contribution in [0.2, 0.25) is 0 Å². The molecule has 0 aliphatic heterocycles. The maximum atomic E-state index is 5.20. The summed E-state index contributed by atoms with van der Waals surface area (Å²) in [6, 6.07) is 79.2. The summed E-state index contributed by atoms with van der Waals surface area (Å²) in [6.45, 7) is 0. The Morgan fingerprint density at radius 2 is 0.882 bits per heavy atom. The summed E-state index contributed by atoms with van der Waals surface area (Å²) in [5.41, 5.74) is 21.4. The second-order valence-electron chi connectivity index (χ2n) is 18.2. The molecular weight excluding hydrogens is 825 g/mol. The highest BCUT2D eigenvalue weighted by Crippen LogP contribution is 2.64. The normalized spacial score (nSPS) is 15.5. The second kappa shape index (κ2) is 15.2. The van der Waals surface area contributed by atoms with Gasteiger partial charge in [0.05, 0.1) is 16.4 Å². The fourth-order valence-corrected chi connectivity index (χ4v) is 11.6. The average molecular weight is 867 g/mol. The first-order valence-corrected chi connectivity index (χ1v) is 23.6. The van der Waals surface area contributed by atoms with E-state index in [0.29, 0.717) is 17.5 Å². The minimum absolute atomic E-state index is 0.482. The summed E-state index contributed by atoms with van der Waals surface area (Å²) in [7, 11) is 0. The van der Waals surface area contributed by atoms with Crippen molar-refractivity contribution in [1.82, 2.24) is 19.5 Å². The van der Waals surface area contributed by atoms with Crippen molar-refractivity contribution < 1.29 is 0 Å². The number of benzene rings is 9. The molecule has 2 aromatic heterocycles. The molecule has 0 bridgehead atoms. The summed E-state index contributed by atoms with van der Waals surface area (Å²) in [6.07, 6.45) is 6.72. The topological polar surface area (TPSA) is 43.6 Å². The van der Waals surface area contributed by atoms with Crippen molar-refractivity contribution in [2.45, 2.75) is 18.3 Å². The number of allylic oxidation sites excluding steroid dienone is 4. The van der Waals surface area contributed by atoms with Crippen molar-refractivity contribution in [1.29, 1.82) is 0 Å². The molecule has 1 unspecified atom stereocenters. The minimum atomic E-state index is -0.482. The van der Waals surface area contributed by atoms with Gasteiger partial charge in [-0.05, 0) is 116 Å². The van der Waals surface area contributed by atoms with E-state index in [1.807, 2.05) is 36.4 Å². The monoisotopic (exact) mass is 866 g/mol. The zero-order valence-electron chi connectivity index (χ0n) is 37.1. The molecule has 2 heterocycles. The predicted molar refractivity (Wildman–Crippen MR) is 278 cm³/mol. The van der Waals surface area contributed by atoms with Gasteiger partial charge in [-0.2, -0.15) is 0 Å². The molecule has 318 valence electrons. The summed E-state index contributed by atoms with van der Waals surface area (Å²) in [5.74, 6) is 1.98. The van der Waals surface area contributed by atoms with Gasteiger partial charge < -0.3 is 4.57 Å². The lowest BCUT2D eigenvalue weighted by Gasteiger charge is -2.34. The number of nitrogens with zero attached hydrogens (tertiary/aromatic N) is 4. The first-order valence-electron chi connectivity index (χ1n) is 23.6. The van der Waals surface area contributed by atoms with Crippen molar-refractivity contribution in [3.05, 3.63) is 258 Å². The molecule has 68 heavy (non-hydrogen) atoms. The van der Waals surface area contributed by atoms with Crippen LogP contribution in [0.4, 0.5) is 0 Å². The van der Waals surface area contributed by atoms with Gasteiger partial charge in [0.15, 0.2) is 17.5 Å². The van der Waals surface area contributed by atoms with E-state index in [1.54, 1.807) is 0 Å². The van der Waals surface area contributed by atoms with Gasteiger partial charge in [-0.25, -0.2) is 15.0 Å². The molecule has 3 aliphatic rings. The predicted octanol–water partition coefficient (Wildman–Crippen LogP) is 15.7. The lowest BCUT2D eigenvalue weighted by atomic mass is 9.67. The molecule has 1 spiro atoms. The van der Waals surface area contributed by atoms with Crippen LogP contribution in [0.15, 0.2) is 236 Å². The molecule has 4 nitrogen and oxygen atoms in total. The molecule has 0 N–H and O–H groups in total. The molecule has 4 heteroatoms. The van der Waals surface area contributed by atoms with Crippen molar-refractivity contribution in [2.24, 2.45) is 0 Å². The van der Waals surface area contributed by atoms with E-state index in [4.69, 9.17) is 15.0 Å². The molecule has 0 fully saturated rings. The van der Waals surface area contributed by atoms with Gasteiger partial charge in [0.1, 0.15) is 0 Å². The van der Waals surface area contributed by atoms with Gasteiger partial charge >= 0.3 is 0 Å². The summed E-state index contributed by atoms with van der Waals surface area (Å²) >= 11 is 0. The quantitative estimate of drug-likeness (QED) is 0.167. The Labute approximate surface area is 394 Å². The zero-order valence-corrected chi connectivity index (χ0v) is 37.1. The molecule has 3 aliphatic carbocycles. The van der Waals surface area contributed by atoms with Crippen LogP contribution in [0.25, 0.3) is 101 Å². The highest BCUT2D eigenvalue weighted by atomic mass is 15.0. The SMILES string of the molecule is C1=CC2=C(CC1)C1(c3cc(-c4ccc(-n5c6ccccc6c6ccc(-c7ccccc7)cc65)cc4)ccc32)c2ccccc2-c2ccc(-c3nc(-c4ccccc4)nc(-c4ccccc4)n3)cc21. The van der Waals surface area contributed by atoms with Crippen LogP contribution in [0.3, 0.4) is 0 Å². The maximum absolute atomic E-state index is 5.20. The van der Waals surface area contributed by atoms with Crippen LogP contribution in [0, 0.1) is 0 Å². The van der Waals surface area contributed by atoms with Gasteiger partial charge in [0.25, 0.3) is 0 Å². The van der Waals surface area contributed by atoms with Gasteiger partial charge in [-0.1, -0.05) is 194 Å². The van der Waals surface area contributed by atoms with Gasteiger partial charge in [-0.15, -0.1) is 0 Å². The Morgan fingerprint density at radius 1 is 0.368 bits per heavy atom. The van der Waals surface area contributed by atoms with E-state index < -0.39 is 5.41 Å². The molecule has 0 saturated carbocycles. The molecule has 0 amide bonds. The first-order chi connectivity index (χ1) is 33.7. The van der Waals surface area contributed by atoms with Gasteiger partial charge in [0, 0.05) is 33.2 Å². The van der Waals surface area contributed by atoms with Crippen molar-refractivity contribution in [2.75, 3.05) is 0 Å². The standard InChI is InChI=1S/C64H42N4/c1-4-16-41(17-5-1)46-31-37-54-53-24-12-15-27-59(53)68(60(54)40-46)48-33-28-42(29-34-48)45-30-35-51-49-22-10-13-25-55(49)64(57(51)38-45)56-26-14-11-23-50(56)52-36-32-47(39-58(52)64)63-66-61(43-18-6-2-7-19-43)65-62(67-63)44-20-8-3-9-21-44/h1-12,14-24,26-40H,13,25H2. The third-order valence-corrected chi connectivity index (χ3v) is 14.6. The van der Waals surface area contributed by atoms with Crippen LogP contribution in [-0.2, 0) is 5.41 Å². The smallest absolute Gasteiger partial charge is 0.164 e. The lowest BCUT2D eigenvalue weighted by Crippen LogP contribution is -2.28. The summed E-state index contributed by atoms with van der Waals surface area (Å²) in [4.78, 5) is 15.4. The molecule has 11 aromatic rings. The second-order valence-corrected chi connectivity index (χ2v) is 18.2. The number of rotatable bonds is 6. The fraction of sp³-hybridized carbons (Fsp3) is 0.0469. The molecule has 0 radical (unpaired) electrons. The highest BCUT2D eigenvalue weighted by Gasteiger charge is 2.52. The third kappa shape index (κ3) is 5.77. The number of aromatic nitrogens is 4. The zero-order chi connectivity index (χ0) is 44.8. The van der Waals surface area contributed by atoms with Gasteiger partial charge in [-0.3, -0.25) is 0 Å². The Morgan fingerprint density at radius 3 is 1.63 bits per heavy atom.